The van der Waals surface area contributed by atoms with Gasteiger partial charge in [0.15, 0.2) is 6.61 Å². The maximum atomic E-state index is 12.6. The quantitative estimate of drug-likeness (QED) is 0.349. The van der Waals surface area contributed by atoms with Crippen LogP contribution in [0.3, 0.4) is 0 Å². The van der Waals surface area contributed by atoms with Gasteiger partial charge >= 0.3 is 5.97 Å². The molecule has 1 aliphatic heterocycles. The van der Waals surface area contributed by atoms with E-state index in [-0.39, 0.29) is 25.4 Å². The van der Waals surface area contributed by atoms with Gasteiger partial charge in [-0.2, -0.15) is 0 Å². The fraction of sp³-hybridized carbons (Fsp3) is 0.417. The van der Waals surface area contributed by atoms with Crippen molar-refractivity contribution in [1.29, 1.82) is 0 Å². The molecule has 0 aliphatic carbocycles. The number of aryl methyl sites for hydroxylation is 1. The third-order valence-electron chi connectivity index (χ3n) is 5.59. The molecule has 164 valence electrons. The average Bonchev–Trinajstić information content (AvgIpc) is 3.16. The van der Waals surface area contributed by atoms with Crippen LogP contribution in [0.2, 0.25) is 0 Å². The molecular formula is C24H28N2O5. The molecule has 0 fully saturated rings. The fourth-order valence-corrected chi connectivity index (χ4v) is 3.76. The SMILES string of the molecule is Cc1cc(C(=O)COC(=O)CCN2C(=O)c3ccccc3C2=O)c(C)n1CCC(C)C. The van der Waals surface area contributed by atoms with E-state index < -0.39 is 17.8 Å². The third kappa shape index (κ3) is 4.76. The normalized spacial score (nSPS) is 13.1. The number of benzene rings is 1. The first-order valence-corrected chi connectivity index (χ1v) is 10.5. The van der Waals surface area contributed by atoms with Crippen LogP contribution in [0.15, 0.2) is 30.3 Å². The maximum absolute atomic E-state index is 12.6. The van der Waals surface area contributed by atoms with Crippen LogP contribution in [0.25, 0.3) is 0 Å². The molecule has 0 spiro atoms. The molecule has 0 unspecified atom stereocenters. The number of nitrogens with zero attached hydrogens (tertiary/aromatic N) is 2. The van der Waals surface area contributed by atoms with Gasteiger partial charge in [-0.3, -0.25) is 24.1 Å². The van der Waals surface area contributed by atoms with Gasteiger partial charge < -0.3 is 9.30 Å². The lowest BCUT2D eigenvalue weighted by atomic mass is 10.1. The summed E-state index contributed by atoms with van der Waals surface area (Å²) < 4.78 is 7.23. The van der Waals surface area contributed by atoms with E-state index in [0.717, 1.165) is 29.3 Å². The van der Waals surface area contributed by atoms with E-state index in [4.69, 9.17) is 4.74 Å². The van der Waals surface area contributed by atoms with Gasteiger partial charge in [0, 0.05) is 30.0 Å². The zero-order valence-corrected chi connectivity index (χ0v) is 18.4. The minimum Gasteiger partial charge on any atom is -0.457 e. The Kier molecular flexibility index (Phi) is 6.73. The molecule has 1 aromatic carbocycles. The number of ketones is 1. The topological polar surface area (TPSA) is 85.7 Å². The Morgan fingerprint density at radius 3 is 2.19 bits per heavy atom. The lowest BCUT2D eigenvalue weighted by Gasteiger charge is -2.13. The third-order valence-corrected chi connectivity index (χ3v) is 5.59. The van der Waals surface area contributed by atoms with E-state index in [1.807, 2.05) is 19.9 Å². The molecule has 2 amide bonds. The van der Waals surface area contributed by atoms with E-state index in [1.165, 1.54) is 0 Å². The van der Waals surface area contributed by atoms with Crippen molar-refractivity contribution in [2.24, 2.45) is 5.92 Å². The Bertz CT molecular complexity index is 1000. The van der Waals surface area contributed by atoms with Gasteiger partial charge in [0.05, 0.1) is 17.5 Å². The molecule has 2 heterocycles. The summed E-state index contributed by atoms with van der Waals surface area (Å²) in [5, 5.41) is 0. The lowest BCUT2D eigenvalue weighted by Crippen LogP contribution is -2.32. The van der Waals surface area contributed by atoms with E-state index in [0.29, 0.717) is 22.6 Å². The summed E-state index contributed by atoms with van der Waals surface area (Å²) in [6, 6.07) is 8.37. The molecule has 3 rings (SSSR count). The van der Waals surface area contributed by atoms with Crippen LogP contribution in [-0.4, -0.2) is 46.2 Å². The summed E-state index contributed by atoms with van der Waals surface area (Å²) in [4.78, 5) is 50.4. The van der Waals surface area contributed by atoms with Crippen LogP contribution in [-0.2, 0) is 16.1 Å². The van der Waals surface area contributed by atoms with Gasteiger partial charge in [0.1, 0.15) is 0 Å². The fourth-order valence-electron chi connectivity index (χ4n) is 3.76. The zero-order valence-electron chi connectivity index (χ0n) is 18.4. The number of hydrogen-bond acceptors (Lipinski definition) is 5. The van der Waals surface area contributed by atoms with E-state index in [9.17, 15) is 19.2 Å². The van der Waals surface area contributed by atoms with Crippen LogP contribution >= 0.6 is 0 Å². The molecule has 31 heavy (non-hydrogen) atoms. The van der Waals surface area contributed by atoms with Crippen molar-refractivity contribution in [3.05, 3.63) is 58.4 Å². The van der Waals surface area contributed by atoms with Gasteiger partial charge in [-0.25, -0.2) is 0 Å². The second kappa shape index (κ2) is 9.29. The van der Waals surface area contributed by atoms with Crippen molar-refractivity contribution >= 4 is 23.6 Å². The summed E-state index contributed by atoms with van der Waals surface area (Å²) in [7, 11) is 0. The van der Waals surface area contributed by atoms with Crippen molar-refractivity contribution in [3.63, 3.8) is 0 Å². The summed E-state index contributed by atoms with van der Waals surface area (Å²) in [6.07, 6.45) is 0.850. The van der Waals surface area contributed by atoms with E-state index in [2.05, 4.69) is 18.4 Å². The van der Waals surface area contributed by atoms with E-state index in [1.54, 1.807) is 24.3 Å². The largest absolute Gasteiger partial charge is 0.457 e. The number of esters is 1. The number of imide groups is 1. The molecule has 0 bridgehead atoms. The number of ether oxygens (including phenoxy) is 1. The van der Waals surface area contributed by atoms with Crippen LogP contribution in [0.4, 0.5) is 0 Å². The van der Waals surface area contributed by atoms with E-state index >= 15 is 0 Å². The monoisotopic (exact) mass is 424 g/mol. The van der Waals surface area contributed by atoms with Crippen molar-refractivity contribution in [2.75, 3.05) is 13.2 Å². The summed E-state index contributed by atoms with van der Waals surface area (Å²) in [5.41, 5.74) is 3.09. The second-order valence-corrected chi connectivity index (χ2v) is 8.26. The van der Waals surface area contributed by atoms with Gasteiger partial charge in [0.25, 0.3) is 11.8 Å². The molecular weight excluding hydrogens is 396 g/mol. The van der Waals surface area contributed by atoms with Gasteiger partial charge in [-0.1, -0.05) is 26.0 Å². The molecule has 2 aromatic rings. The highest BCUT2D eigenvalue weighted by atomic mass is 16.5. The molecule has 7 nitrogen and oxygen atoms in total. The van der Waals surface area contributed by atoms with Crippen molar-refractivity contribution in [1.82, 2.24) is 9.47 Å². The predicted molar refractivity (Wildman–Crippen MR) is 115 cm³/mol. The first-order valence-electron chi connectivity index (χ1n) is 10.5. The molecule has 7 heteroatoms. The van der Waals surface area contributed by atoms with Crippen LogP contribution in [0.5, 0.6) is 0 Å². The first-order chi connectivity index (χ1) is 14.7. The molecule has 0 atom stereocenters. The number of fused-ring (bicyclic) bond motifs is 1. The van der Waals surface area contributed by atoms with Gasteiger partial charge in [-0.05, 0) is 44.4 Å². The smallest absolute Gasteiger partial charge is 0.308 e. The Morgan fingerprint density at radius 2 is 1.61 bits per heavy atom. The van der Waals surface area contributed by atoms with Crippen LogP contribution in [0, 0.1) is 19.8 Å². The highest BCUT2D eigenvalue weighted by Gasteiger charge is 2.35. The second-order valence-electron chi connectivity index (χ2n) is 8.26. The number of carbonyl (C=O) groups is 4. The Balaban J connectivity index is 1.53. The number of Topliss-reactive ketones (excluding diaryl/α,β-unsaturated/α-hetero) is 1. The number of aromatic nitrogens is 1. The minimum absolute atomic E-state index is 0.0803. The molecule has 0 radical (unpaired) electrons. The van der Waals surface area contributed by atoms with Crippen molar-refractivity contribution in [2.45, 2.75) is 47.1 Å². The summed E-state index contributed by atoms with van der Waals surface area (Å²) in [5.74, 6) is -1.17. The maximum Gasteiger partial charge on any atom is 0.308 e. The summed E-state index contributed by atoms with van der Waals surface area (Å²) in [6.45, 7) is 8.55. The van der Waals surface area contributed by atoms with Crippen molar-refractivity contribution < 1.29 is 23.9 Å². The zero-order chi connectivity index (χ0) is 22.7. The lowest BCUT2D eigenvalue weighted by molar-refractivity contribution is -0.142. The number of hydrogen-bond donors (Lipinski definition) is 0. The molecule has 0 saturated carbocycles. The summed E-state index contributed by atoms with van der Waals surface area (Å²) >= 11 is 0. The standard InChI is InChI=1S/C24H28N2O5/c1-15(2)9-11-25-16(3)13-20(17(25)4)21(27)14-31-22(28)10-12-26-23(29)18-7-5-6-8-19(18)24(26)30/h5-8,13,15H,9-12,14H2,1-4H3. The van der Waals surface area contributed by atoms with Crippen molar-refractivity contribution in [3.8, 4) is 0 Å². The Hall–Kier alpha value is -3.22. The van der Waals surface area contributed by atoms with Crippen LogP contribution in [0.1, 0.15) is 69.2 Å². The minimum atomic E-state index is -0.626. The highest BCUT2D eigenvalue weighted by molar-refractivity contribution is 6.21. The highest BCUT2D eigenvalue weighted by Crippen LogP contribution is 2.22. The molecule has 1 aromatic heterocycles. The Labute approximate surface area is 182 Å². The number of carbonyl (C=O) groups excluding carboxylic acids is 4. The number of rotatable bonds is 9. The first kappa shape index (κ1) is 22.5. The average molecular weight is 424 g/mol. The number of amides is 2. The van der Waals surface area contributed by atoms with Gasteiger partial charge in [0.2, 0.25) is 5.78 Å². The molecule has 0 N–H and O–H groups in total. The van der Waals surface area contributed by atoms with Gasteiger partial charge in [-0.15, -0.1) is 0 Å². The predicted octanol–water partition coefficient (Wildman–Crippen LogP) is 3.56. The Morgan fingerprint density at radius 1 is 1.00 bits per heavy atom. The molecule has 0 saturated heterocycles. The van der Waals surface area contributed by atoms with Crippen LogP contribution < -0.4 is 0 Å². The molecule has 1 aliphatic rings.